The summed E-state index contributed by atoms with van der Waals surface area (Å²) < 4.78 is 0. The number of likely N-dealkylation sites (N-methyl/N-ethyl adjacent to an activating group) is 1. The molecule has 0 fully saturated rings. The van der Waals surface area contributed by atoms with Crippen LogP contribution in [0.15, 0.2) is 24.3 Å². The van der Waals surface area contributed by atoms with Crippen LogP contribution in [-0.2, 0) is 6.54 Å². The van der Waals surface area contributed by atoms with E-state index in [1.807, 2.05) is 0 Å². The topological polar surface area (TPSA) is 45.0 Å². The van der Waals surface area contributed by atoms with Crippen molar-refractivity contribution in [3.8, 4) is 0 Å². The summed E-state index contributed by atoms with van der Waals surface area (Å²) >= 11 is 0. The van der Waals surface area contributed by atoms with Gasteiger partial charge in [-0.2, -0.15) is 0 Å². The highest BCUT2D eigenvalue weighted by Crippen LogP contribution is 2.23. The number of hydrogen-bond acceptors (Lipinski definition) is 2. The van der Waals surface area contributed by atoms with E-state index in [0.29, 0.717) is 12.6 Å². The third kappa shape index (κ3) is 2.35. The molecule has 0 saturated heterocycles. The number of para-hydroxylation sites is 1. The molecule has 0 aliphatic carbocycles. The second-order valence-electron chi connectivity index (χ2n) is 4.77. The smallest absolute Gasteiger partial charge is 0.0459 e. The van der Waals surface area contributed by atoms with Crippen molar-refractivity contribution in [3.05, 3.63) is 35.5 Å². The van der Waals surface area contributed by atoms with Crippen LogP contribution in [0.2, 0.25) is 0 Å². The number of fused-ring (bicyclic) bond motifs is 1. The first kappa shape index (κ1) is 12.1. The van der Waals surface area contributed by atoms with Crippen molar-refractivity contribution in [1.29, 1.82) is 0 Å². The number of nitrogens with zero attached hydrogens (tertiary/aromatic N) is 1. The molecule has 92 valence electrons. The van der Waals surface area contributed by atoms with E-state index in [1.54, 1.807) is 0 Å². The molecule has 3 nitrogen and oxygen atoms in total. The summed E-state index contributed by atoms with van der Waals surface area (Å²) in [5, 5.41) is 1.32. The number of nitrogens with two attached hydrogens (primary N) is 1. The molecule has 3 heteroatoms. The summed E-state index contributed by atoms with van der Waals surface area (Å²) in [4.78, 5) is 5.73. The first-order valence-electron chi connectivity index (χ1n) is 6.10. The van der Waals surface area contributed by atoms with Gasteiger partial charge in [-0.3, -0.25) is 4.90 Å². The third-order valence-electron chi connectivity index (χ3n) is 3.53. The van der Waals surface area contributed by atoms with Crippen LogP contribution >= 0.6 is 0 Å². The normalized spacial score (nSPS) is 13.5. The molecule has 1 aromatic heterocycles. The number of aromatic amines is 1. The van der Waals surface area contributed by atoms with Gasteiger partial charge >= 0.3 is 0 Å². The van der Waals surface area contributed by atoms with Crippen molar-refractivity contribution in [1.82, 2.24) is 9.88 Å². The van der Waals surface area contributed by atoms with Crippen molar-refractivity contribution in [3.63, 3.8) is 0 Å². The largest absolute Gasteiger partial charge is 0.358 e. The second kappa shape index (κ2) is 4.90. The fourth-order valence-electron chi connectivity index (χ4n) is 2.12. The Labute approximate surface area is 103 Å². The Balaban J connectivity index is 2.32. The molecule has 3 N–H and O–H groups in total. The molecule has 0 radical (unpaired) electrons. The van der Waals surface area contributed by atoms with E-state index in [2.05, 4.69) is 55.0 Å². The van der Waals surface area contributed by atoms with Crippen LogP contribution in [0.4, 0.5) is 0 Å². The lowest BCUT2D eigenvalue weighted by Gasteiger charge is -2.23. The molecule has 0 aliphatic rings. The van der Waals surface area contributed by atoms with E-state index in [0.717, 1.165) is 6.54 Å². The molecular formula is C14H21N3. The predicted octanol–water partition coefficient (Wildman–Crippen LogP) is 2.26. The molecule has 17 heavy (non-hydrogen) atoms. The van der Waals surface area contributed by atoms with E-state index in [9.17, 15) is 0 Å². The van der Waals surface area contributed by atoms with Crippen molar-refractivity contribution in [2.75, 3.05) is 13.6 Å². The van der Waals surface area contributed by atoms with Crippen molar-refractivity contribution < 1.29 is 0 Å². The average molecular weight is 231 g/mol. The molecule has 2 aromatic rings. The lowest BCUT2D eigenvalue weighted by Crippen LogP contribution is -2.34. The monoisotopic (exact) mass is 231 g/mol. The van der Waals surface area contributed by atoms with E-state index >= 15 is 0 Å². The molecule has 1 aromatic carbocycles. The van der Waals surface area contributed by atoms with E-state index in [-0.39, 0.29) is 0 Å². The van der Waals surface area contributed by atoms with Gasteiger partial charge in [-0.15, -0.1) is 0 Å². The van der Waals surface area contributed by atoms with Gasteiger partial charge < -0.3 is 10.7 Å². The quantitative estimate of drug-likeness (QED) is 0.847. The Kier molecular flexibility index (Phi) is 3.50. The lowest BCUT2D eigenvalue weighted by molar-refractivity contribution is 0.255. The zero-order chi connectivity index (χ0) is 12.4. The van der Waals surface area contributed by atoms with E-state index < -0.39 is 0 Å². The number of hydrogen-bond donors (Lipinski definition) is 2. The summed E-state index contributed by atoms with van der Waals surface area (Å²) in [6.07, 6.45) is 0. The SMILES string of the molecule is Cc1[nH]c2ccccc2c1CN(C)C(C)CN. The molecule has 1 atom stereocenters. The third-order valence-corrected chi connectivity index (χ3v) is 3.53. The second-order valence-corrected chi connectivity index (χ2v) is 4.77. The Bertz CT molecular complexity index is 501. The highest BCUT2D eigenvalue weighted by atomic mass is 15.1. The molecule has 1 heterocycles. The summed E-state index contributed by atoms with van der Waals surface area (Å²) in [6.45, 7) is 5.92. The van der Waals surface area contributed by atoms with Gasteiger partial charge in [0.15, 0.2) is 0 Å². The van der Waals surface area contributed by atoms with Gasteiger partial charge in [-0.05, 0) is 32.5 Å². The molecule has 2 rings (SSSR count). The molecule has 0 spiro atoms. The van der Waals surface area contributed by atoms with Crippen LogP contribution in [0.5, 0.6) is 0 Å². The molecule has 0 saturated carbocycles. The minimum Gasteiger partial charge on any atom is -0.358 e. The molecule has 0 amide bonds. The molecule has 1 unspecified atom stereocenters. The van der Waals surface area contributed by atoms with Gasteiger partial charge in [-0.1, -0.05) is 18.2 Å². The van der Waals surface area contributed by atoms with Crippen LogP contribution in [0.3, 0.4) is 0 Å². The maximum absolute atomic E-state index is 5.70. The Morgan fingerprint density at radius 2 is 2.06 bits per heavy atom. The van der Waals surface area contributed by atoms with Gasteiger partial charge in [0.1, 0.15) is 0 Å². The van der Waals surface area contributed by atoms with Crippen LogP contribution in [-0.4, -0.2) is 29.5 Å². The fraction of sp³-hybridized carbons (Fsp3) is 0.429. The highest BCUT2D eigenvalue weighted by molar-refractivity contribution is 5.84. The standard InChI is InChI=1S/C14H21N3/c1-10(8-15)17(3)9-13-11(2)16-14-7-5-4-6-12(13)14/h4-7,10,16H,8-9,15H2,1-3H3. The Morgan fingerprint density at radius 3 is 2.76 bits per heavy atom. The van der Waals surface area contributed by atoms with Gasteiger partial charge in [0.2, 0.25) is 0 Å². The maximum atomic E-state index is 5.70. The number of benzene rings is 1. The first-order valence-corrected chi connectivity index (χ1v) is 6.10. The average Bonchev–Trinajstić information content (AvgIpc) is 2.65. The summed E-state index contributed by atoms with van der Waals surface area (Å²) in [6, 6.07) is 8.86. The van der Waals surface area contributed by atoms with Gasteiger partial charge in [0, 0.05) is 35.7 Å². The minimum absolute atomic E-state index is 0.406. The Hall–Kier alpha value is -1.32. The number of aryl methyl sites for hydroxylation is 1. The summed E-state index contributed by atoms with van der Waals surface area (Å²) in [5.41, 5.74) is 9.55. The lowest BCUT2D eigenvalue weighted by atomic mass is 10.1. The van der Waals surface area contributed by atoms with Crippen LogP contribution in [0.1, 0.15) is 18.2 Å². The van der Waals surface area contributed by atoms with Crippen LogP contribution in [0.25, 0.3) is 10.9 Å². The zero-order valence-electron chi connectivity index (χ0n) is 10.8. The number of rotatable bonds is 4. The number of nitrogens with one attached hydrogen (secondary N) is 1. The van der Waals surface area contributed by atoms with Crippen LogP contribution < -0.4 is 5.73 Å². The zero-order valence-corrected chi connectivity index (χ0v) is 10.8. The van der Waals surface area contributed by atoms with E-state index in [1.165, 1.54) is 22.2 Å². The predicted molar refractivity (Wildman–Crippen MR) is 73.0 cm³/mol. The molecule has 0 bridgehead atoms. The van der Waals surface area contributed by atoms with Gasteiger partial charge in [0.05, 0.1) is 0 Å². The van der Waals surface area contributed by atoms with E-state index in [4.69, 9.17) is 5.73 Å². The van der Waals surface area contributed by atoms with Crippen molar-refractivity contribution in [2.45, 2.75) is 26.4 Å². The maximum Gasteiger partial charge on any atom is 0.0459 e. The van der Waals surface area contributed by atoms with Crippen LogP contribution in [0, 0.1) is 6.92 Å². The minimum atomic E-state index is 0.406. The van der Waals surface area contributed by atoms with Gasteiger partial charge in [0.25, 0.3) is 0 Å². The number of aromatic nitrogens is 1. The van der Waals surface area contributed by atoms with Crippen molar-refractivity contribution in [2.24, 2.45) is 5.73 Å². The number of H-pyrrole nitrogens is 1. The Morgan fingerprint density at radius 1 is 1.35 bits per heavy atom. The molecule has 0 aliphatic heterocycles. The molecular weight excluding hydrogens is 210 g/mol. The van der Waals surface area contributed by atoms with Gasteiger partial charge in [-0.25, -0.2) is 0 Å². The summed E-state index contributed by atoms with van der Waals surface area (Å²) in [5.74, 6) is 0. The summed E-state index contributed by atoms with van der Waals surface area (Å²) in [7, 11) is 2.12. The highest BCUT2D eigenvalue weighted by Gasteiger charge is 2.13. The first-order chi connectivity index (χ1) is 8.13. The van der Waals surface area contributed by atoms with Crippen molar-refractivity contribution >= 4 is 10.9 Å². The fourth-order valence-corrected chi connectivity index (χ4v) is 2.12.